The van der Waals surface area contributed by atoms with Crippen molar-refractivity contribution in [3.63, 3.8) is 0 Å². The second kappa shape index (κ2) is 8.93. The summed E-state index contributed by atoms with van der Waals surface area (Å²) in [6, 6.07) is 34.3. The molecule has 0 saturated carbocycles. The number of nitrogens with one attached hydrogen (secondary N) is 2. The maximum absolute atomic E-state index is 12.6. The Morgan fingerprint density at radius 3 is 2.21 bits per heavy atom. The van der Waals surface area contributed by atoms with Crippen LogP contribution in [0.15, 0.2) is 108 Å². The fourth-order valence-electron chi connectivity index (χ4n) is 3.72. The number of rotatable bonds is 5. The Labute approximate surface area is 191 Å². The number of nitrogens with zero attached hydrogens (tertiary/aromatic N) is 2. The predicted octanol–water partition coefficient (Wildman–Crippen LogP) is 6.05. The van der Waals surface area contributed by atoms with Crippen LogP contribution in [0.2, 0.25) is 0 Å². The minimum atomic E-state index is -0.338. The molecule has 5 heteroatoms. The topological polar surface area (TPSA) is 70.1 Å². The molecule has 0 saturated heterocycles. The molecule has 0 aliphatic rings. The van der Waals surface area contributed by atoms with Gasteiger partial charge in [0.2, 0.25) is 0 Å². The van der Waals surface area contributed by atoms with Crippen LogP contribution in [0.1, 0.15) is 23.0 Å². The SMILES string of the molecule is CC(=NNC(=O)c1cc(-c2ccc(-c3ccccc3)cc2)n[nH]1)c1ccc2ccccc2c1. The van der Waals surface area contributed by atoms with E-state index in [0.29, 0.717) is 11.4 Å². The number of hydrogen-bond acceptors (Lipinski definition) is 3. The van der Waals surface area contributed by atoms with Crippen LogP contribution < -0.4 is 5.43 Å². The van der Waals surface area contributed by atoms with E-state index >= 15 is 0 Å². The molecule has 1 amide bonds. The molecule has 0 unspecified atom stereocenters. The smallest absolute Gasteiger partial charge is 0.272 e. The molecule has 160 valence electrons. The van der Waals surface area contributed by atoms with E-state index in [2.05, 4.69) is 69.3 Å². The molecule has 0 aliphatic heterocycles. The van der Waals surface area contributed by atoms with Crippen molar-refractivity contribution in [1.29, 1.82) is 0 Å². The van der Waals surface area contributed by atoms with Gasteiger partial charge in [0.05, 0.1) is 11.4 Å². The lowest BCUT2D eigenvalue weighted by Gasteiger charge is -2.04. The summed E-state index contributed by atoms with van der Waals surface area (Å²) in [5.74, 6) is -0.338. The molecule has 0 radical (unpaired) electrons. The summed E-state index contributed by atoms with van der Waals surface area (Å²) in [6.45, 7) is 1.87. The molecule has 33 heavy (non-hydrogen) atoms. The number of carbonyl (C=O) groups excluding carboxylic acids is 1. The van der Waals surface area contributed by atoms with Crippen LogP contribution in [0.5, 0.6) is 0 Å². The first-order valence-corrected chi connectivity index (χ1v) is 10.7. The molecule has 1 heterocycles. The summed E-state index contributed by atoms with van der Waals surface area (Å²) in [5.41, 5.74) is 8.58. The van der Waals surface area contributed by atoms with Crippen molar-refractivity contribution >= 4 is 22.4 Å². The minimum absolute atomic E-state index is 0.338. The molecule has 5 aromatic rings. The van der Waals surface area contributed by atoms with Crippen molar-refractivity contribution in [3.05, 3.63) is 114 Å². The molecular formula is C28H22N4O. The molecule has 0 fully saturated rings. The van der Waals surface area contributed by atoms with E-state index in [1.165, 1.54) is 5.39 Å². The average molecular weight is 431 g/mol. The first kappa shape index (κ1) is 20.4. The summed E-state index contributed by atoms with van der Waals surface area (Å²) in [6.07, 6.45) is 0. The maximum Gasteiger partial charge on any atom is 0.289 e. The van der Waals surface area contributed by atoms with Crippen LogP contribution in [-0.2, 0) is 0 Å². The van der Waals surface area contributed by atoms with Crippen molar-refractivity contribution in [3.8, 4) is 22.4 Å². The van der Waals surface area contributed by atoms with E-state index in [4.69, 9.17) is 0 Å². The Balaban J connectivity index is 1.28. The molecular weight excluding hydrogens is 408 g/mol. The van der Waals surface area contributed by atoms with Gasteiger partial charge in [0.25, 0.3) is 5.91 Å². The van der Waals surface area contributed by atoms with Gasteiger partial charge in [-0.2, -0.15) is 10.2 Å². The lowest BCUT2D eigenvalue weighted by molar-refractivity contribution is 0.0950. The van der Waals surface area contributed by atoms with Crippen molar-refractivity contribution in [2.24, 2.45) is 5.10 Å². The molecule has 0 bridgehead atoms. The summed E-state index contributed by atoms with van der Waals surface area (Å²) >= 11 is 0. The van der Waals surface area contributed by atoms with Crippen molar-refractivity contribution in [2.45, 2.75) is 6.92 Å². The van der Waals surface area contributed by atoms with Gasteiger partial charge in [-0.15, -0.1) is 0 Å². The van der Waals surface area contributed by atoms with E-state index in [0.717, 1.165) is 33.4 Å². The van der Waals surface area contributed by atoms with Crippen molar-refractivity contribution in [2.75, 3.05) is 0 Å². The Morgan fingerprint density at radius 2 is 1.42 bits per heavy atom. The van der Waals surface area contributed by atoms with E-state index in [9.17, 15) is 4.79 Å². The minimum Gasteiger partial charge on any atom is -0.272 e. The normalized spacial score (nSPS) is 11.5. The summed E-state index contributed by atoms with van der Waals surface area (Å²) in [4.78, 5) is 12.6. The third-order valence-corrected chi connectivity index (χ3v) is 5.60. The maximum atomic E-state index is 12.6. The van der Waals surface area contributed by atoms with Gasteiger partial charge in [0.1, 0.15) is 5.69 Å². The highest BCUT2D eigenvalue weighted by Crippen LogP contribution is 2.24. The first-order valence-electron chi connectivity index (χ1n) is 10.7. The lowest BCUT2D eigenvalue weighted by atomic mass is 10.0. The molecule has 5 nitrogen and oxygen atoms in total. The monoisotopic (exact) mass is 430 g/mol. The van der Waals surface area contributed by atoms with Crippen LogP contribution in [0.25, 0.3) is 33.2 Å². The number of aromatic amines is 1. The summed E-state index contributed by atoms with van der Waals surface area (Å²) < 4.78 is 0. The van der Waals surface area contributed by atoms with Crippen LogP contribution in [0, 0.1) is 0 Å². The highest BCUT2D eigenvalue weighted by molar-refractivity contribution is 6.03. The van der Waals surface area contributed by atoms with Crippen molar-refractivity contribution in [1.82, 2.24) is 15.6 Å². The highest BCUT2D eigenvalue weighted by Gasteiger charge is 2.11. The second-order valence-corrected chi connectivity index (χ2v) is 7.81. The molecule has 0 atom stereocenters. The number of benzene rings is 4. The van der Waals surface area contributed by atoms with Gasteiger partial charge < -0.3 is 0 Å². The van der Waals surface area contributed by atoms with Crippen LogP contribution in [0.4, 0.5) is 0 Å². The zero-order valence-corrected chi connectivity index (χ0v) is 18.1. The quantitative estimate of drug-likeness (QED) is 0.263. The number of H-pyrrole nitrogens is 1. The van der Waals surface area contributed by atoms with E-state index in [1.54, 1.807) is 6.07 Å². The molecule has 2 N–H and O–H groups in total. The van der Waals surface area contributed by atoms with Crippen LogP contribution >= 0.6 is 0 Å². The van der Waals surface area contributed by atoms with Crippen LogP contribution in [-0.4, -0.2) is 21.8 Å². The van der Waals surface area contributed by atoms with E-state index in [-0.39, 0.29) is 5.91 Å². The van der Waals surface area contributed by atoms with E-state index in [1.807, 2.05) is 55.5 Å². The van der Waals surface area contributed by atoms with Gasteiger partial charge in [-0.1, -0.05) is 91.0 Å². The molecule has 0 aliphatic carbocycles. The summed E-state index contributed by atoms with van der Waals surface area (Å²) in [5, 5.41) is 13.7. The zero-order chi connectivity index (χ0) is 22.6. The molecule has 0 spiro atoms. The largest absolute Gasteiger partial charge is 0.289 e. The Bertz CT molecular complexity index is 1450. The average Bonchev–Trinajstić information content (AvgIpc) is 3.38. The Kier molecular flexibility index (Phi) is 5.52. The van der Waals surface area contributed by atoms with E-state index < -0.39 is 0 Å². The van der Waals surface area contributed by atoms with Gasteiger partial charge in [-0.05, 0) is 46.5 Å². The first-order chi connectivity index (χ1) is 16.2. The fraction of sp³-hybridized carbons (Fsp3) is 0.0357. The number of fused-ring (bicyclic) bond motifs is 1. The van der Waals surface area contributed by atoms with Gasteiger partial charge >= 0.3 is 0 Å². The number of hydrazone groups is 1. The number of aromatic nitrogens is 2. The highest BCUT2D eigenvalue weighted by atomic mass is 16.2. The molecule has 4 aromatic carbocycles. The lowest BCUT2D eigenvalue weighted by Crippen LogP contribution is -2.19. The third kappa shape index (κ3) is 4.43. The predicted molar refractivity (Wildman–Crippen MR) is 133 cm³/mol. The number of amides is 1. The second-order valence-electron chi connectivity index (χ2n) is 7.81. The third-order valence-electron chi connectivity index (χ3n) is 5.60. The van der Waals surface area contributed by atoms with Gasteiger partial charge in [0.15, 0.2) is 0 Å². The van der Waals surface area contributed by atoms with Gasteiger partial charge in [-0.25, -0.2) is 5.43 Å². The van der Waals surface area contributed by atoms with Crippen LogP contribution in [0.3, 0.4) is 0 Å². The van der Waals surface area contributed by atoms with Gasteiger partial charge in [0, 0.05) is 5.56 Å². The summed E-state index contributed by atoms with van der Waals surface area (Å²) in [7, 11) is 0. The standard InChI is InChI=1S/C28H22N4O/c1-19(24-16-13-21-9-5-6-10-25(21)17-24)29-32-28(33)27-18-26(30-31-27)23-14-11-22(12-15-23)20-7-3-2-4-8-20/h2-18H,1H3,(H,30,31)(H,32,33). The Hall–Kier alpha value is -4.51. The number of hydrogen-bond donors (Lipinski definition) is 2. The Morgan fingerprint density at radius 1 is 0.758 bits per heavy atom. The molecule has 1 aromatic heterocycles. The fourth-order valence-corrected chi connectivity index (χ4v) is 3.72. The van der Waals surface area contributed by atoms with Gasteiger partial charge in [-0.3, -0.25) is 9.89 Å². The number of carbonyl (C=O) groups is 1. The molecule has 5 rings (SSSR count). The zero-order valence-electron chi connectivity index (χ0n) is 18.1. The van der Waals surface area contributed by atoms with Crippen molar-refractivity contribution < 1.29 is 4.79 Å².